The number of hydrogen-bond donors (Lipinski definition) is 0. The molecule has 1 rings (SSSR count). The van der Waals surface area contributed by atoms with Crippen molar-refractivity contribution in [3.8, 4) is 0 Å². The van der Waals surface area contributed by atoms with Crippen molar-refractivity contribution in [3.05, 3.63) is 33.7 Å². The Morgan fingerprint density at radius 3 is 3.00 bits per heavy atom. The molecule has 10 heavy (non-hydrogen) atoms. The Hall–Kier alpha value is 0.0901. The van der Waals surface area contributed by atoms with Crippen molar-refractivity contribution in [2.75, 3.05) is 0 Å². The molecule has 1 aliphatic carbocycles. The standard InChI is InChI=1S/C9H11.Hf/c1-2-3-6-9-7-4-5-8-9;/h2,4,7H,1,3,5-6H2;. The zero-order valence-electron chi connectivity index (χ0n) is 6.06. The Morgan fingerprint density at radius 1 is 1.70 bits per heavy atom. The fourth-order valence-corrected chi connectivity index (χ4v) is 2.21. The molecule has 0 aromatic rings. The molecule has 0 spiro atoms. The molecule has 0 radical (unpaired) electrons. The molecule has 0 heterocycles. The van der Waals surface area contributed by atoms with E-state index in [1.807, 2.05) is 6.08 Å². The summed E-state index contributed by atoms with van der Waals surface area (Å²) in [5.41, 5.74) is 1.58. The van der Waals surface area contributed by atoms with E-state index in [9.17, 15) is 0 Å². The van der Waals surface area contributed by atoms with Crippen LogP contribution >= 0.6 is 0 Å². The Balaban J connectivity index is 2.45. The van der Waals surface area contributed by atoms with Crippen molar-refractivity contribution in [3.63, 3.8) is 0 Å². The molecule has 0 aliphatic heterocycles. The number of allylic oxidation sites excluding steroid dienone is 5. The molecule has 0 bridgehead atoms. The van der Waals surface area contributed by atoms with Gasteiger partial charge in [-0.25, -0.2) is 0 Å². The molecule has 0 nitrogen and oxygen atoms in total. The molecule has 0 aromatic carbocycles. The molecular formula is C9H11Hf. The number of hydrogen-bond acceptors (Lipinski definition) is 0. The third-order valence-corrected chi connectivity index (χ3v) is 3.53. The van der Waals surface area contributed by atoms with Gasteiger partial charge in [0.2, 0.25) is 0 Å². The van der Waals surface area contributed by atoms with Gasteiger partial charge in [-0.05, 0) is 0 Å². The monoisotopic (exact) mass is 299 g/mol. The van der Waals surface area contributed by atoms with Crippen LogP contribution in [-0.4, -0.2) is 0 Å². The molecule has 0 saturated carbocycles. The average molecular weight is 298 g/mol. The van der Waals surface area contributed by atoms with E-state index in [1.165, 1.54) is 37.2 Å². The van der Waals surface area contributed by atoms with Gasteiger partial charge in [-0.3, -0.25) is 0 Å². The summed E-state index contributed by atoms with van der Waals surface area (Å²) in [4.78, 5) is 0. The van der Waals surface area contributed by atoms with Crippen molar-refractivity contribution < 1.29 is 24.4 Å². The van der Waals surface area contributed by atoms with Gasteiger partial charge in [-0.2, -0.15) is 0 Å². The summed E-state index contributed by atoms with van der Waals surface area (Å²) < 4.78 is 1.67. The van der Waals surface area contributed by atoms with E-state index in [1.54, 1.807) is 8.90 Å². The summed E-state index contributed by atoms with van der Waals surface area (Å²) in [6.45, 7) is 3.71. The summed E-state index contributed by atoms with van der Waals surface area (Å²) in [6, 6.07) is 0. The second kappa shape index (κ2) is 4.07. The third kappa shape index (κ3) is 2.05. The van der Waals surface area contributed by atoms with Gasteiger partial charge in [-0.15, -0.1) is 0 Å². The van der Waals surface area contributed by atoms with Crippen LogP contribution in [0.3, 0.4) is 0 Å². The topological polar surface area (TPSA) is 0 Å². The quantitative estimate of drug-likeness (QED) is 0.555. The summed E-state index contributed by atoms with van der Waals surface area (Å²) in [5, 5.41) is 0. The normalized spacial score (nSPS) is 16.3. The van der Waals surface area contributed by atoms with Gasteiger partial charge in [0.15, 0.2) is 0 Å². The maximum absolute atomic E-state index is 3.71. The molecule has 0 atom stereocenters. The van der Waals surface area contributed by atoms with Crippen LogP contribution in [0.5, 0.6) is 0 Å². The van der Waals surface area contributed by atoms with Crippen molar-refractivity contribution in [1.82, 2.24) is 0 Å². The first-order valence-electron chi connectivity index (χ1n) is 3.55. The Kier molecular flexibility index (Phi) is 3.33. The zero-order chi connectivity index (χ0) is 7.40. The minimum atomic E-state index is 1.13. The molecule has 0 aromatic heterocycles. The fourth-order valence-electron chi connectivity index (χ4n) is 1.04. The van der Waals surface area contributed by atoms with Gasteiger partial charge in [0, 0.05) is 0 Å². The first kappa shape index (κ1) is 8.19. The Morgan fingerprint density at radius 2 is 2.50 bits per heavy atom. The first-order chi connectivity index (χ1) is 4.84. The summed E-state index contributed by atoms with van der Waals surface area (Å²) in [6.07, 6.45) is 10.1. The van der Waals surface area contributed by atoms with E-state index in [4.69, 9.17) is 0 Å². The van der Waals surface area contributed by atoms with E-state index in [0.717, 1.165) is 6.42 Å². The van der Waals surface area contributed by atoms with Crippen LogP contribution in [0.4, 0.5) is 0 Å². The van der Waals surface area contributed by atoms with Crippen molar-refractivity contribution >= 4 is 0 Å². The summed E-state index contributed by atoms with van der Waals surface area (Å²) in [5.74, 6) is 0. The van der Waals surface area contributed by atoms with Crippen LogP contribution in [0.15, 0.2) is 33.7 Å². The van der Waals surface area contributed by atoms with Crippen LogP contribution in [0.2, 0.25) is 0 Å². The van der Waals surface area contributed by atoms with Crippen LogP contribution < -0.4 is 0 Å². The third-order valence-electron chi connectivity index (χ3n) is 1.65. The average Bonchev–Trinajstić information content (AvgIpc) is 2.31. The van der Waals surface area contributed by atoms with E-state index in [-0.39, 0.29) is 0 Å². The van der Waals surface area contributed by atoms with E-state index in [0.29, 0.717) is 0 Å². The predicted molar refractivity (Wildman–Crippen MR) is 40.2 cm³/mol. The molecule has 0 unspecified atom stereocenters. The van der Waals surface area contributed by atoms with Crippen LogP contribution in [0, 0.1) is 0 Å². The van der Waals surface area contributed by atoms with Crippen molar-refractivity contribution in [2.45, 2.75) is 19.3 Å². The molecular weight excluding hydrogens is 287 g/mol. The van der Waals surface area contributed by atoms with E-state index in [2.05, 4.69) is 18.7 Å². The van der Waals surface area contributed by atoms with E-state index >= 15 is 0 Å². The maximum atomic E-state index is 3.71. The van der Waals surface area contributed by atoms with Gasteiger partial charge in [0.25, 0.3) is 0 Å². The van der Waals surface area contributed by atoms with Gasteiger partial charge in [-0.1, -0.05) is 0 Å². The van der Waals surface area contributed by atoms with Gasteiger partial charge in [0.05, 0.1) is 0 Å². The second-order valence-corrected chi connectivity index (χ2v) is 4.61. The minimum absolute atomic E-state index is 1.13. The summed E-state index contributed by atoms with van der Waals surface area (Å²) >= 11 is 1.24. The first-order valence-corrected chi connectivity index (χ1v) is 5.35. The Labute approximate surface area is 77.3 Å². The number of rotatable bonds is 3. The van der Waals surface area contributed by atoms with Crippen LogP contribution in [0.25, 0.3) is 0 Å². The molecule has 0 saturated heterocycles. The molecule has 0 amide bonds. The molecule has 0 fully saturated rings. The zero-order valence-corrected chi connectivity index (χ0v) is 9.65. The molecule has 0 N–H and O–H groups in total. The SMILES string of the molecule is C=CCCC1=[C]([Hf])CC=C1. The molecule has 1 aliphatic rings. The van der Waals surface area contributed by atoms with Crippen molar-refractivity contribution in [2.24, 2.45) is 0 Å². The van der Waals surface area contributed by atoms with E-state index < -0.39 is 0 Å². The second-order valence-electron chi connectivity index (χ2n) is 2.44. The Bertz CT molecular complexity index is 187. The molecule has 1 heteroatoms. The summed E-state index contributed by atoms with van der Waals surface area (Å²) in [7, 11) is 0. The van der Waals surface area contributed by atoms with Crippen LogP contribution in [-0.2, 0) is 24.4 Å². The van der Waals surface area contributed by atoms with Gasteiger partial charge >= 0.3 is 77.3 Å². The molecule has 51 valence electrons. The van der Waals surface area contributed by atoms with Gasteiger partial charge in [0.1, 0.15) is 0 Å². The van der Waals surface area contributed by atoms with Crippen LogP contribution in [0.1, 0.15) is 19.3 Å². The van der Waals surface area contributed by atoms with Crippen molar-refractivity contribution in [1.29, 1.82) is 0 Å². The van der Waals surface area contributed by atoms with Gasteiger partial charge < -0.3 is 0 Å². The predicted octanol–water partition coefficient (Wildman–Crippen LogP) is 2.71. The fraction of sp³-hybridized carbons (Fsp3) is 0.333.